The van der Waals surface area contributed by atoms with Gasteiger partial charge in [-0.1, -0.05) is 25.1 Å². The lowest BCUT2D eigenvalue weighted by atomic mass is 10.2. The van der Waals surface area contributed by atoms with Gasteiger partial charge in [-0.2, -0.15) is 0 Å². The Balaban J connectivity index is 2.03. The van der Waals surface area contributed by atoms with E-state index in [1.165, 1.54) is 7.11 Å². The minimum Gasteiger partial charge on any atom is -0.375 e. The van der Waals surface area contributed by atoms with Gasteiger partial charge in [0.05, 0.1) is 13.1 Å². The molecule has 0 atom stereocenters. The summed E-state index contributed by atoms with van der Waals surface area (Å²) in [6.07, 6.45) is 0. The van der Waals surface area contributed by atoms with Gasteiger partial charge in [-0.25, -0.2) is 0 Å². The molecule has 25 heavy (non-hydrogen) atoms. The second-order valence-electron chi connectivity index (χ2n) is 6.04. The number of carbonyl (C=O) groups is 2. The summed E-state index contributed by atoms with van der Waals surface area (Å²) < 4.78 is 10.2. The fourth-order valence-corrected chi connectivity index (χ4v) is 2.83. The molecule has 136 valence electrons. The third-order valence-corrected chi connectivity index (χ3v) is 4.22. The summed E-state index contributed by atoms with van der Waals surface area (Å²) >= 11 is 1.57. The van der Waals surface area contributed by atoms with Crippen molar-refractivity contribution in [3.63, 3.8) is 0 Å². The van der Waals surface area contributed by atoms with Gasteiger partial charge in [0, 0.05) is 24.6 Å². The smallest absolute Gasteiger partial charge is 0.273 e. The van der Waals surface area contributed by atoms with E-state index in [-0.39, 0.29) is 30.7 Å². The molecule has 0 aromatic carbocycles. The quantitative estimate of drug-likeness (QED) is 0.737. The molecule has 0 aliphatic rings. The van der Waals surface area contributed by atoms with Crippen molar-refractivity contribution in [3.05, 3.63) is 39.9 Å². The Morgan fingerprint density at radius 1 is 1.40 bits per heavy atom. The van der Waals surface area contributed by atoms with E-state index in [0.717, 1.165) is 4.88 Å². The molecular formula is C17H23N3O4S. The molecule has 2 aromatic heterocycles. The van der Waals surface area contributed by atoms with Crippen molar-refractivity contribution >= 4 is 23.2 Å². The maximum Gasteiger partial charge on any atom is 0.273 e. The number of nitrogens with one attached hydrogen (secondary N) is 1. The minimum atomic E-state index is -0.281. The second-order valence-corrected chi connectivity index (χ2v) is 7.08. The van der Waals surface area contributed by atoms with Gasteiger partial charge < -0.3 is 19.5 Å². The second kappa shape index (κ2) is 9.33. The van der Waals surface area contributed by atoms with E-state index in [2.05, 4.69) is 10.5 Å². The lowest BCUT2D eigenvalue weighted by Crippen LogP contribution is -2.32. The molecule has 1 N–H and O–H groups in total. The molecule has 0 bridgehead atoms. The normalized spacial score (nSPS) is 10.9. The van der Waals surface area contributed by atoms with Gasteiger partial charge in [-0.3, -0.25) is 9.59 Å². The number of nitrogens with zero attached hydrogens (tertiary/aromatic N) is 2. The Bertz CT molecular complexity index is 682. The first-order valence-corrected chi connectivity index (χ1v) is 8.90. The molecule has 0 unspecified atom stereocenters. The molecule has 2 amide bonds. The number of hydrogen-bond acceptors (Lipinski definition) is 6. The van der Waals surface area contributed by atoms with Crippen molar-refractivity contribution < 1.29 is 18.8 Å². The number of thiophene rings is 1. The Labute approximate surface area is 150 Å². The summed E-state index contributed by atoms with van der Waals surface area (Å²) in [6.45, 7) is 5.26. The van der Waals surface area contributed by atoms with E-state index in [4.69, 9.17) is 9.26 Å². The number of aromatic nitrogens is 1. The molecule has 0 spiro atoms. The van der Waals surface area contributed by atoms with Crippen LogP contribution in [-0.4, -0.2) is 42.1 Å². The first-order valence-electron chi connectivity index (χ1n) is 8.02. The van der Waals surface area contributed by atoms with Gasteiger partial charge in [0.1, 0.15) is 6.61 Å². The van der Waals surface area contributed by atoms with Crippen LogP contribution in [-0.2, 0) is 22.6 Å². The third-order valence-electron chi connectivity index (χ3n) is 3.36. The van der Waals surface area contributed by atoms with Crippen molar-refractivity contribution in [2.75, 3.05) is 20.3 Å². The van der Waals surface area contributed by atoms with E-state index < -0.39 is 0 Å². The zero-order chi connectivity index (χ0) is 18.2. The number of carbonyl (C=O) groups excluding carboxylic acids is 2. The monoisotopic (exact) mass is 365 g/mol. The molecule has 0 fully saturated rings. The first-order chi connectivity index (χ1) is 12.0. The minimum absolute atomic E-state index is 0.0127. The van der Waals surface area contributed by atoms with Crippen LogP contribution in [0.5, 0.6) is 0 Å². The van der Waals surface area contributed by atoms with Crippen LogP contribution in [0.3, 0.4) is 0 Å². The number of rotatable bonds is 9. The Morgan fingerprint density at radius 3 is 2.84 bits per heavy atom. The van der Waals surface area contributed by atoms with Crippen LogP contribution in [0.1, 0.15) is 35.0 Å². The molecule has 0 radical (unpaired) electrons. The van der Waals surface area contributed by atoms with Gasteiger partial charge in [0.25, 0.3) is 5.91 Å². The SMILES string of the molecule is COCC(=O)N(Cc1cc(C(=O)NCC(C)C)no1)Cc1cccs1. The van der Waals surface area contributed by atoms with Gasteiger partial charge in [-0.15, -0.1) is 11.3 Å². The highest BCUT2D eigenvalue weighted by atomic mass is 32.1. The van der Waals surface area contributed by atoms with Crippen molar-refractivity contribution in [1.29, 1.82) is 0 Å². The highest BCUT2D eigenvalue weighted by Crippen LogP contribution is 2.15. The van der Waals surface area contributed by atoms with Crippen LogP contribution in [0.15, 0.2) is 28.1 Å². The predicted octanol–water partition coefficient (Wildman–Crippen LogP) is 2.30. The summed E-state index contributed by atoms with van der Waals surface area (Å²) in [5.41, 5.74) is 0.214. The fraction of sp³-hybridized carbons (Fsp3) is 0.471. The Morgan fingerprint density at radius 2 is 2.20 bits per heavy atom. The topological polar surface area (TPSA) is 84.7 Å². The molecular weight excluding hydrogens is 342 g/mol. The third kappa shape index (κ3) is 5.99. The Kier molecular flexibility index (Phi) is 7.15. The maximum atomic E-state index is 12.3. The lowest BCUT2D eigenvalue weighted by Gasteiger charge is -2.20. The van der Waals surface area contributed by atoms with Gasteiger partial charge in [-0.05, 0) is 17.4 Å². The number of amides is 2. The van der Waals surface area contributed by atoms with Crippen molar-refractivity contribution in [2.45, 2.75) is 26.9 Å². The van der Waals surface area contributed by atoms with Gasteiger partial charge in [0.2, 0.25) is 5.91 Å². The summed E-state index contributed by atoms with van der Waals surface area (Å²) in [5, 5.41) is 8.54. The molecule has 7 nitrogen and oxygen atoms in total. The molecule has 0 aliphatic heterocycles. The van der Waals surface area contributed by atoms with Gasteiger partial charge in [0.15, 0.2) is 11.5 Å². The average molecular weight is 365 g/mol. The summed E-state index contributed by atoms with van der Waals surface area (Å²) in [5.74, 6) is 0.369. The summed E-state index contributed by atoms with van der Waals surface area (Å²) in [4.78, 5) is 26.9. The van der Waals surface area contributed by atoms with Gasteiger partial charge >= 0.3 is 0 Å². The standard InChI is InChI=1S/C17H23N3O4S/c1-12(2)8-18-17(22)15-7-13(24-19-15)9-20(16(21)11-23-3)10-14-5-4-6-25-14/h4-7,12H,8-11H2,1-3H3,(H,18,22). The molecule has 0 saturated carbocycles. The van der Waals surface area contributed by atoms with Crippen molar-refractivity contribution in [3.8, 4) is 0 Å². The zero-order valence-corrected chi connectivity index (χ0v) is 15.5. The van der Waals surface area contributed by atoms with E-state index in [9.17, 15) is 9.59 Å². The molecule has 8 heteroatoms. The van der Waals surface area contributed by atoms with Crippen LogP contribution >= 0.6 is 11.3 Å². The first kappa shape index (κ1) is 19.1. The molecule has 2 heterocycles. The van der Waals surface area contributed by atoms with Crippen LogP contribution in [0.2, 0.25) is 0 Å². The van der Waals surface area contributed by atoms with Crippen LogP contribution in [0.25, 0.3) is 0 Å². The van der Waals surface area contributed by atoms with Crippen LogP contribution in [0.4, 0.5) is 0 Å². The highest BCUT2D eigenvalue weighted by molar-refractivity contribution is 7.09. The van der Waals surface area contributed by atoms with E-state index in [0.29, 0.717) is 24.8 Å². The summed E-state index contributed by atoms with van der Waals surface area (Å²) in [7, 11) is 1.48. The molecule has 0 aliphatic carbocycles. The van der Waals surface area contributed by atoms with Crippen molar-refractivity contribution in [2.24, 2.45) is 5.92 Å². The van der Waals surface area contributed by atoms with Crippen molar-refractivity contribution in [1.82, 2.24) is 15.4 Å². The predicted molar refractivity (Wildman–Crippen MR) is 94.1 cm³/mol. The fourth-order valence-electron chi connectivity index (χ4n) is 2.11. The van der Waals surface area contributed by atoms with E-state index in [1.807, 2.05) is 31.4 Å². The number of methoxy groups -OCH3 is 1. The largest absolute Gasteiger partial charge is 0.375 e. The Hall–Kier alpha value is -2.19. The summed E-state index contributed by atoms with van der Waals surface area (Å²) in [6, 6.07) is 5.46. The highest BCUT2D eigenvalue weighted by Gasteiger charge is 2.19. The molecule has 2 rings (SSSR count). The maximum absolute atomic E-state index is 12.3. The lowest BCUT2D eigenvalue weighted by molar-refractivity contribution is -0.136. The van der Waals surface area contributed by atoms with E-state index in [1.54, 1.807) is 22.3 Å². The van der Waals surface area contributed by atoms with E-state index >= 15 is 0 Å². The average Bonchev–Trinajstić information content (AvgIpc) is 3.24. The molecule has 2 aromatic rings. The number of ether oxygens (including phenoxy) is 1. The van der Waals surface area contributed by atoms with Crippen LogP contribution < -0.4 is 5.32 Å². The molecule has 0 saturated heterocycles. The number of hydrogen-bond donors (Lipinski definition) is 1. The van der Waals surface area contributed by atoms with Crippen LogP contribution in [0, 0.1) is 5.92 Å². The zero-order valence-electron chi connectivity index (χ0n) is 14.7.